The first kappa shape index (κ1) is 74.9. The first-order chi connectivity index (χ1) is 44.4. The van der Waals surface area contributed by atoms with Crippen LogP contribution in [0.15, 0.2) is 77.3 Å². The van der Waals surface area contributed by atoms with Gasteiger partial charge in [0.25, 0.3) is 5.91 Å². The number of phenols is 1. The van der Waals surface area contributed by atoms with E-state index in [2.05, 4.69) is 78.2 Å². The number of carbonyl (C=O) groups is 8. The highest BCUT2D eigenvalue weighted by atomic mass is 16.5. The zero-order valence-corrected chi connectivity index (χ0v) is 54.3. The summed E-state index contributed by atoms with van der Waals surface area (Å²) in [5, 5.41) is 116. The lowest BCUT2D eigenvalue weighted by atomic mass is 9.95. The lowest BCUT2D eigenvalue weighted by molar-refractivity contribution is -0.149. The van der Waals surface area contributed by atoms with Crippen LogP contribution in [0.1, 0.15) is 122 Å². The van der Waals surface area contributed by atoms with E-state index in [0.29, 0.717) is 51.9 Å². The number of hydrogen-bond donors (Lipinski definition) is 15. The van der Waals surface area contributed by atoms with Crippen LogP contribution in [-0.4, -0.2) is 231 Å². The molecule has 0 saturated carbocycles. The van der Waals surface area contributed by atoms with Crippen LogP contribution in [0.4, 0.5) is 0 Å². The van der Waals surface area contributed by atoms with Crippen LogP contribution in [0.5, 0.6) is 11.5 Å². The van der Waals surface area contributed by atoms with Gasteiger partial charge in [0.1, 0.15) is 71.8 Å². The number of rotatable bonds is 19. The summed E-state index contributed by atoms with van der Waals surface area (Å²) < 4.78 is 11.4. The predicted molar refractivity (Wildman–Crippen MR) is 339 cm³/mol. The molecule has 3 aromatic carbocycles. The molecule has 1 aromatic heterocycles. The van der Waals surface area contributed by atoms with Crippen molar-refractivity contribution in [3.63, 3.8) is 0 Å². The number of carbonyl (C=O) groups excluding carboxylic acids is 8. The third-order valence-electron chi connectivity index (χ3n) is 16.9. The van der Waals surface area contributed by atoms with Crippen molar-refractivity contribution >= 4 is 47.3 Å². The van der Waals surface area contributed by atoms with Gasteiger partial charge in [-0.1, -0.05) is 57.0 Å². The lowest BCUT2D eigenvalue weighted by Gasteiger charge is -2.34. The Bertz CT molecular complexity index is 3230. The molecule has 0 radical (unpaired) electrons. The summed E-state index contributed by atoms with van der Waals surface area (Å²) >= 11 is 0. The first-order valence-electron chi connectivity index (χ1n) is 31.6. The maximum Gasteiger partial charge on any atom is 0.251 e. The summed E-state index contributed by atoms with van der Waals surface area (Å²) in [5.41, 5.74) is 6.98. The fraction of sp³-hybridized carbons (Fsp3) is 0.554. The topological polar surface area (TPSA) is 450 Å². The van der Waals surface area contributed by atoms with E-state index in [1.54, 1.807) is 6.07 Å². The molecule has 16 N–H and O–H groups in total. The number of nitrogens with two attached hydrogens (primary N) is 1. The van der Waals surface area contributed by atoms with Gasteiger partial charge >= 0.3 is 0 Å². The molecule has 8 amide bonds. The molecule has 3 aliphatic heterocycles. The number of fused-ring (bicyclic) bond motifs is 2. The highest BCUT2D eigenvalue weighted by Crippen LogP contribution is 2.31. The minimum Gasteiger partial charge on any atom is -0.508 e. The van der Waals surface area contributed by atoms with Crippen LogP contribution in [-0.2, 0) is 33.6 Å². The van der Waals surface area contributed by atoms with Gasteiger partial charge in [-0.15, -0.1) is 0 Å². The number of aliphatic hydroxyl groups is 8. The number of unbranched alkanes of at least 4 members (excludes halogenated alkanes) is 2. The van der Waals surface area contributed by atoms with Crippen molar-refractivity contribution in [2.45, 2.75) is 198 Å². The highest BCUT2D eigenvalue weighted by Gasteiger charge is 2.51. The van der Waals surface area contributed by atoms with Crippen molar-refractivity contribution < 1.29 is 93.6 Å². The number of aromatic hydroxyl groups is 1. The molecule has 7 rings (SSSR count). The van der Waals surface area contributed by atoms with Crippen molar-refractivity contribution in [3.8, 4) is 34.1 Å². The van der Waals surface area contributed by atoms with Gasteiger partial charge in [0.15, 0.2) is 12.0 Å². The van der Waals surface area contributed by atoms with Crippen LogP contribution >= 0.6 is 0 Å². The Kier molecular flexibility index (Phi) is 26.9. The minimum absolute atomic E-state index is 0.0704. The number of aryl methyl sites for hydroxylation is 1. The van der Waals surface area contributed by atoms with Crippen LogP contribution in [0.2, 0.25) is 0 Å². The first-order valence-corrected chi connectivity index (χ1v) is 31.6. The third kappa shape index (κ3) is 19.1. The zero-order valence-electron chi connectivity index (χ0n) is 54.3. The van der Waals surface area contributed by atoms with Gasteiger partial charge in [0.05, 0.1) is 37.4 Å². The van der Waals surface area contributed by atoms with E-state index in [0.717, 1.165) is 43.7 Å². The zero-order chi connectivity index (χ0) is 69.6. The number of phenolic OH excluding ortho intramolecular Hbond substituents is 1. The fourth-order valence-electron chi connectivity index (χ4n) is 11.6. The monoisotopic (exact) mass is 1320 g/mol. The second-order valence-electron chi connectivity index (χ2n) is 24.8. The number of primary amides is 1. The maximum atomic E-state index is 14.6. The molecular formula is C65H92N10O19. The third-order valence-corrected chi connectivity index (χ3v) is 16.9. The Balaban J connectivity index is 0.00000144. The van der Waals surface area contributed by atoms with Crippen LogP contribution in [0, 0.1) is 12.8 Å². The average Bonchev–Trinajstić information content (AvgIpc) is 1.61. The highest BCUT2D eigenvalue weighted by molar-refractivity contribution is 6.00. The van der Waals surface area contributed by atoms with Gasteiger partial charge in [-0.2, -0.15) is 0 Å². The molecule has 3 saturated heterocycles. The Labute approximate surface area is 545 Å². The number of benzene rings is 3. The second-order valence-corrected chi connectivity index (χ2v) is 24.8. The molecule has 0 spiro atoms. The summed E-state index contributed by atoms with van der Waals surface area (Å²) in [6.45, 7) is 17.8. The molecule has 94 heavy (non-hydrogen) atoms. The second kappa shape index (κ2) is 33.8. The van der Waals surface area contributed by atoms with Crippen LogP contribution < -0.4 is 37.1 Å². The van der Waals surface area contributed by atoms with E-state index in [1.807, 2.05) is 24.3 Å². The summed E-state index contributed by atoms with van der Waals surface area (Å²) in [7, 11) is 0. The van der Waals surface area contributed by atoms with Gasteiger partial charge in [-0.25, -0.2) is 0 Å². The molecule has 3 fully saturated rings. The van der Waals surface area contributed by atoms with Crippen molar-refractivity contribution in [2.75, 3.05) is 26.2 Å². The molecule has 14 unspecified atom stereocenters. The van der Waals surface area contributed by atoms with Crippen molar-refractivity contribution in [2.24, 2.45) is 11.7 Å². The SMILES string of the molecule is CCCCCOc1ccc(-c2cc(-c3ccc(C(=O)N[C@H]4CC(O)C(O)NC(=O)C5C(O)C(C)CN5C(=O)C(C(O)CC(N)=O)NC(=O)C(C(O)C(O)c5ccc(O)c(C)c5)NC(=O)C5CC(O)CN5C(=O)C(C(C)O)NC4=O)cc3)no2)cc1.CCN(C(C)C)C(C)C. The molecule has 4 heterocycles. The van der Waals surface area contributed by atoms with E-state index < -0.39 is 171 Å². The number of nitrogens with one attached hydrogen (secondary N) is 5. The molecular weight excluding hydrogens is 1220 g/mol. The summed E-state index contributed by atoms with van der Waals surface area (Å²) in [6.07, 6.45) is -15.9. The van der Waals surface area contributed by atoms with Gasteiger partial charge in [0.2, 0.25) is 41.4 Å². The lowest BCUT2D eigenvalue weighted by Crippen LogP contribution is -2.64. The smallest absolute Gasteiger partial charge is 0.251 e. The number of amides is 8. The van der Waals surface area contributed by atoms with E-state index in [9.17, 15) is 84.3 Å². The Morgan fingerprint density at radius 3 is 1.95 bits per heavy atom. The summed E-state index contributed by atoms with van der Waals surface area (Å²) in [5.74, 6) is -10.3. The van der Waals surface area contributed by atoms with Crippen molar-refractivity contribution in [3.05, 3.63) is 89.5 Å². The van der Waals surface area contributed by atoms with Crippen LogP contribution in [0.25, 0.3) is 22.6 Å². The Morgan fingerprint density at radius 2 is 1.36 bits per heavy atom. The molecule has 4 aromatic rings. The van der Waals surface area contributed by atoms with E-state index in [4.69, 9.17) is 15.0 Å². The number of ether oxygens (including phenoxy) is 1. The number of nitrogens with zero attached hydrogens (tertiary/aromatic N) is 4. The standard InChI is InChI=1S/C57H73N9O19.C8H19N/c1-5-6-7-18-84-34-15-12-30(13-16-34)41-22-35(64-85-41)29-8-10-31(11-9-29)50(76)59-36-21-40(71)53(79)63-55(81)46-47(73)27(3)24-66(46)57(83)44(39(70)23-42(58)72)61-54(80)45(49(75)48(74)32-14-17-38(69)26(2)19-32)62-52(78)37-20-33(68)25-65(37)56(82)43(28(4)67)60-51(36)77;1-6-9(7(2)3)8(4)5/h8-17,19,22,27-28,33,36-37,39-40,43-49,53,67-71,73-75,79H,5-7,18,20-21,23-25H2,1-4H3,(H2,58,72)(H,59,76)(H,60,77)(H,61,80)(H,62,78)(H,63,81);7-8H,6H2,1-5H3/t27?,28?,33?,36-,37?,39?,40?,43?,44?,45?,46?,47?,48?,49?,53?;/m0./s1. The molecule has 29 heteroatoms. The van der Waals surface area contributed by atoms with Crippen molar-refractivity contribution in [1.82, 2.24) is 46.4 Å². The van der Waals surface area contributed by atoms with E-state index in [1.165, 1.54) is 50.2 Å². The molecule has 0 aliphatic carbocycles. The van der Waals surface area contributed by atoms with Crippen molar-refractivity contribution in [1.29, 1.82) is 0 Å². The predicted octanol–water partition coefficient (Wildman–Crippen LogP) is -0.650. The fourth-order valence-corrected chi connectivity index (χ4v) is 11.6. The normalized spacial score (nSPS) is 25.6. The van der Waals surface area contributed by atoms with E-state index >= 15 is 0 Å². The van der Waals surface area contributed by atoms with E-state index in [-0.39, 0.29) is 22.4 Å². The molecule has 15 atom stereocenters. The molecule has 0 bridgehead atoms. The van der Waals surface area contributed by atoms with Gasteiger partial charge in [-0.05, 0) is 114 Å². The molecule has 516 valence electrons. The quantitative estimate of drug-likeness (QED) is 0.0519. The van der Waals surface area contributed by atoms with Gasteiger partial charge in [-0.3, -0.25) is 43.3 Å². The largest absolute Gasteiger partial charge is 0.508 e. The summed E-state index contributed by atoms with van der Waals surface area (Å²) in [4.78, 5) is 117. The maximum absolute atomic E-state index is 14.6. The minimum atomic E-state index is -2.40. The number of aromatic nitrogens is 1. The van der Waals surface area contributed by atoms with Crippen LogP contribution in [0.3, 0.4) is 0 Å². The van der Waals surface area contributed by atoms with Gasteiger partial charge in [0, 0.05) is 66.7 Å². The number of aliphatic hydroxyl groups excluding tert-OH is 8. The Hall–Kier alpha value is -8.13. The summed E-state index contributed by atoms with van der Waals surface area (Å²) in [6, 6.07) is 7.19. The Morgan fingerprint density at radius 1 is 0.745 bits per heavy atom. The molecule has 3 aliphatic rings. The molecule has 29 nitrogen and oxygen atoms in total. The average molecular weight is 1320 g/mol. The van der Waals surface area contributed by atoms with Gasteiger partial charge < -0.3 is 97.3 Å². The number of hydrogen-bond acceptors (Lipinski definition) is 21.